The molecule has 2 aromatic carbocycles. The van der Waals surface area contributed by atoms with Gasteiger partial charge in [0.15, 0.2) is 11.5 Å². The summed E-state index contributed by atoms with van der Waals surface area (Å²) < 4.78 is 12.0. The molecule has 1 aliphatic heterocycles. The maximum Gasteiger partial charge on any atom is 0.291 e. The third-order valence-electron chi connectivity index (χ3n) is 5.80. The minimum absolute atomic E-state index is 0.0206. The van der Waals surface area contributed by atoms with Crippen molar-refractivity contribution in [2.45, 2.75) is 52.6 Å². The standard InChI is InChI=1S/C24H25NO4/c1-5-15-7-9-16(10-8-15)25-23(27)22-14(3)20-18(28-22)11-12-19-21(20)17(26)13-24(4,6-2)29-19/h7-12H,5-6,13H2,1-4H3,(H,25,27). The lowest BCUT2D eigenvalue weighted by Crippen LogP contribution is -2.38. The second kappa shape index (κ2) is 7.07. The molecule has 1 unspecified atom stereocenters. The number of ether oxygens (including phenoxy) is 1. The Morgan fingerprint density at radius 2 is 1.86 bits per heavy atom. The molecule has 1 aliphatic rings. The van der Waals surface area contributed by atoms with Crippen molar-refractivity contribution in [2.24, 2.45) is 0 Å². The number of nitrogens with one attached hydrogen (secondary N) is 1. The molecule has 150 valence electrons. The summed E-state index contributed by atoms with van der Waals surface area (Å²) in [6, 6.07) is 11.2. The van der Waals surface area contributed by atoms with Crippen LogP contribution in [0.4, 0.5) is 5.69 Å². The van der Waals surface area contributed by atoms with Crippen molar-refractivity contribution >= 4 is 28.3 Å². The van der Waals surface area contributed by atoms with E-state index >= 15 is 0 Å². The van der Waals surface area contributed by atoms with Crippen LogP contribution in [0.2, 0.25) is 0 Å². The normalized spacial score (nSPS) is 18.4. The number of hydrogen-bond acceptors (Lipinski definition) is 4. The molecule has 0 fully saturated rings. The zero-order valence-corrected chi connectivity index (χ0v) is 17.2. The molecule has 1 N–H and O–H groups in total. The van der Waals surface area contributed by atoms with Crippen LogP contribution in [0, 0.1) is 6.92 Å². The van der Waals surface area contributed by atoms with Gasteiger partial charge in [0, 0.05) is 16.6 Å². The summed E-state index contributed by atoms with van der Waals surface area (Å²) >= 11 is 0. The van der Waals surface area contributed by atoms with Gasteiger partial charge in [-0.2, -0.15) is 0 Å². The molecule has 1 atom stereocenters. The first-order chi connectivity index (χ1) is 13.8. The van der Waals surface area contributed by atoms with Crippen LogP contribution in [-0.2, 0) is 6.42 Å². The summed E-state index contributed by atoms with van der Waals surface area (Å²) in [4.78, 5) is 25.8. The van der Waals surface area contributed by atoms with Gasteiger partial charge in [0.25, 0.3) is 5.91 Å². The first-order valence-electron chi connectivity index (χ1n) is 10.0. The van der Waals surface area contributed by atoms with Gasteiger partial charge in [0.1, 0.15) is 16.9 Å². The summed E-state index contributed by atoms with van der Waals surface area (Å²) in [6.07, 6.45) is 1.99. The third-order valence-corrected chi connectivity index (χ3v) is 5.80. The van der Waals surface area contributed by atoms with Crippen LogP contribution >= 0.6 is 0 Å². The molecule has 0 radical (unpaired) electrons. The van der Waals surface area contributed by atoms with Crippen molar-refractivity contribution in [2.75, 3.05) is 5.32 Å². The van der Waals surface area contributed by atoms with Crippen LogP contribution < -0.4 is 10.1 Å². The number of carbonyl (C=O) groups excluding carboxylic acids is 2. The lowest BCUT2D eigenvalue weighted by atomic mass is 9.87. The maximum absolute atomic E-state index is 12.9. The number of hydrogen-bond donors (Lipinski definition) is 1. The van der Waals surface area contributed by atoms with Crippen molar-refractivity contribution in [3.63, 3.8) is 0 Å². The highest BCUT2D eigenvalue weighted by molar-refractivity contribution is 6.14. The zero-order chi connectivity index (χ0) is 20.8. The minimum Gasteiger partial charge on any atom is -0.486 e. The molecular formula is C24H25NO4. The Kier molecular flexibility index (Phi) is 4.69. The van der Waals surface area contributed by atoms with E-state index in [0.717, 1.165) is 12.8 Å². The molecule has 0 bridgehead atoms. The van der Waals surface area contributed by atoms with Crippen LogP contribution in [-0.4, -0.2) is 17.3 Å². The number of ketones is 1. The van der Waals surface area contributed by atoms with E-state index in [2.05, 4.69) is 12.2 Å². The minimum atomic E-state index is -0.500. The number of anilines is 1. The molecule has 5 nitrogen and oxygen atoms in total. The fraction of sp³-hybridized carbons (Fsp3) is 0.333. The molecule has 2 heterocycles. The van der Waals surface area contributed by atoms with Gasteiger partial charge in [-0.15, -0.1) is 0 Å². The number of aryl methyl sites for hydroxylation is 2. The molecule has 3 aromatic rings. The number of furan rings is 1. The van der Waals surface area contributed by atoms with Gasteiger partial charge in [-0.1, -0.05) is 26.0 Å². The van der Waals surface area contributed by atoms with E-state index < -0.39 is 5.60 Å². The topological polar surface area (TPSA) is 68.5 Å². The summed E-state index contributed by atoms with van der Waals surface area (Å²) in [6.45, 7) is 7.85. The summed E-state index contributed by atoms with van der Waals surface area (Å²) in [5, 5.41) is 3.54. The molecule has 0 spiro atoms. The van der Waals surface area contributed by atoms with Gasteiger partial charge in [0.2, 0.25) is 0 Å². The second-order valence-electron chi connectivity index (χ2n) is 7.88. The maximum atomic E-state index is 12.9. The van der Waals surface area contributed by atoms with Crippen molar-refractivity contribution in [1.82, 2.24) is 0 Å². The summed E-state index contributed by atoms with van der Waals surface area (Å²) in [5.41, 5.74) is 3.09. The SMILES string of the molecule is CCc1ccc(NC(=O)c2oc3ccc4c(c3c2C)C(=O)CC(C)(CC)O4)cc1. The number of fused-ring (bicyclic) bond motifs is 3. The van der Waals surface area contributed by atoms with Crippen molar-refractivity contribution in [3.05, 3.63) is 58.8 Å². The molecule has 5 heteroatoms. The Morgan fingerprint density at radius 1 is 1.14 bits per heavy atom. The number of carbonyl (C=O) groups is 2. The summed E-state index contributed by atoms with van der Waals surface area (Å²) in [7, 11) is 0. The van der Waals surface area contributed by atoms with Gasteiger partial charge >= 0.3 is 0 Å². The van der Waals surface area contributed by atoms with E-state index in [0.29, 0.717) is 40.0 Å². The number of rotatable bonds is 4. The Balaban J connectivity index is 1.72. The Morgan fingerprint density at radius 3 is 2.52 bits per heavy atom. The van der Waals surface area contributed by atoms with Gasteiger partial charge in [-0.3, -0.25) is 9.59 Å². The molecule has 1 aromatic heterocycles. The fourth-order valence-electron chi connectivity index (χ4n) is 3.84. The molecule has 0 saturated heterocycles. The summed E-state index contributed by atoms with van der Waals surface area (Å²) in [5.74, 6) is 0.459. The zero-order valence-electron chi connectivity index (χ0n) is 17.2. The quantitative estimate of drug-likeness (QED) is 0.620. The van der Waals surface area contributed by atoms with Crippen molar-refractivity contribution < 1.29 is 18.7 Å². The van der Waals surface area contributed by atoms with E-state index in [4.69, 9.17) is 9.15 Å². The van der Waals surface area contributed by atoms with E-state index in [1.54, 1.807) is 12.1 Å². The Bertz CT molecular complexity index is 1110. The van der Waals surface area contributed by atoms with Crippen molar-refractivity contribution in [1.29, 1.82) is 0 Å². The highest BCUT2D eigenvalue weighted by atomic mass is 16.5. The molecule has 0 saturated carbocycles. The van der Waals surface area contributed by atoms with Crippen LogP contribution in [0.3, 0.4) is 0 Å². The van der Waals surface area contributed by atoms with E-state index in [1.165, 1.54) is 5.56 Å². The molecular weight excluding hydrogens is 366 g/mol. The van der Waals surface area contributed by atoms with Crippen molar-refractivity contribution in [3.8, 4) is 5.75 Å². The smallest absolute Gasteiger partial charge is 0.291 e. The molecule has 0 aliphatic carbocycles. The van der Waals surface area contributed by atoms with Crippen LogP contribution in [0.15, 0.2) is 40.8 Å². The predicted molar refractivity (Wildman–Crippen MR) is 113 cm³/mol. The largest absolute Gasteiger partial charge is 0.486 e. The monoisotopic (exact) mass is 391 g/mol. The van der Waals surface area contributed by atoms with Gasteiger partial charge in [-0.05, 0) is 56.5 Å². The highest BCUT2D eigenvalue weighted by Gasteiger charge is 2.37. The number of Topliss-reactive ketones (excluding diaryl/α,β-unsaturated/α-hetero) is 1. The fourth-order valence-corrected chi connectivity index (χ4v) is 3.84. The van der Waals surface area contributed by atoms with E-state index in [9.17, 15) is 9.59 Å². The average molecular weight is 391 g/mol. The molecule has 4 rings (SSSR count). The second-order valence-corrected chi connectivity index (χ2v) is 7.88. The van der Waals surface area contributed by atoms with Crippen LogP contribution in [0.1, 0.15) is 65.7 Å². The van der Waals surface area contributed by atoms with Gasteiger partial charge in [-0.25, -0.2) is 0 Å². The first-order valence-corrected chi connectivity index (χ1v) is 10.0. The molecule has 29 heavy (non-hydrogen) atoms. The third kappa shape index (κ3) is 3.31. The van der Waals surface area contributed by atoms with Gasteiger partial charge < -0.3 is 14.5 Å². The Labute approximate surface area is 170 Å². The highest BCUT2D eigenvalue weighted by Crippen LogP contribution is 2.41. The average Bonchev–Trinajstić information content (AvgIpc) is 3.05. The van der Waals surface area contributed by atoms with Crippen LogP contribution in [0.25, 0.3) is 11.0 Å². The van der Waals surface area contributed by atoms with Crippen LogP contribution in [0.5, 0.6) is 5.75 Å². The number of amides is 1. The number of benzene rings is 2. The predicted octanol–water partition coefficient (Wildman–Crippen LogP) is 5.69. The lowest BCUT2D eigenvalue weighted by Gasteiger charge is -2.34. The first kappa shape index (κ1) is 19.2. The van der Waals surface area contributed by atoms with Gasteiger partial charge in [0.05, 0.1) is 12.0 Å². The molecule has 1 amide bonds. The lowest BCUT2D eigenvalue weighted by molar-refractivity contribution is 0.0503. The van der Waals surface area contributed by atoms with E-state index in [1.807, 2.05) is 45.0 Å². The van der Waals surface area contributed by atoms with E-state index in [-0.39, 0.29) is 17.5 Å². The Hall–Kier alpha value is -3.08.